The van der Waals surface area contributed by atoms with Gasteiger partial charge in [0.05, 0.1) is 12.8 Å². The van der Waals surface area contributed by atoms with Crippen molar-refractivity contribution in [1.29, 1.82) is 0 Å². The fourth-order valence-corrected chi connectivity index (χ4v) is 2.30. The molecule has 0 saturated carbocycles. The van der Waals surface area contributed by atoms with E-state index in [9.17, 15) is 9.18 Å². The van der Waals surface area contributed by atoms with Gasteiger partial charge in [0.2, 0.25) is 0 Å². The standard InChI is InChI=1S/C15H21FN2O3/c1-15(2,14(19)20-3)21-11-4-5-13(12(16)10-11)18-8-6-17-7-9-18/h4-5,10,17H,6-9H2,1-3H3. The Labute approximate surface area is 124 Å². The third-order valence-electron chi connectivity index (χ3n) is 3.43. The summed E-state index contributed by atoms with van der Waals surface area (Å²) in [5, 5.41) is 3.23. The van der Waals surface area contributed by atoms with Crippen LogP contribution in [0, 0.1) is 5.82 Å². The van der Waals surface area contributed by atoms with Crippen LogP contribution < -0.4 is 15.0 Å². The SMILES string of the molecule is COC(=O)C(C)(C)Oc1ccc(N2CCNCC2)c(F)c1. The topological polar surface area (TPSA) is 50.8 Å². The van der Waals surface area contributed by atoms with E-state index < -0.39 is 11.6 Å². The third-order valence-corrected chi connectivity index (χ3v) is 3.43. The Morgan fingerprint density at radius 1 is 1.33 bits per heavy atom. The van der Waals surface area contributed by atoms with Crippen LogP contribution in [0.1, 0.15) is 13.8 Å². The molecule has 0 spiro atoms. The number of esters is 1. The van der Waals surface area contributed by atoms with Gasteiger partial charge in [0.25, 0.3) is 0 Å². The van der Waals surface area contributed by atoms with Crippen LogP contribution in [0.5, 0.6) is 5.75 Å². The maximum Gasteiger partial charge on any atom is 0.349 e. The van der Waals surface area contributed by atoms with Crippen LogP contribution in [0.3, 0.4) is 0 Å². The Hall–Kier alpha value is -1.82. The number of ether oxygens (including phenoxy) is 2. The molecular weight excluding hydrogens is 275 g/mol. The van der Waals surface area contributed by atoms with Crippen LogP contribution in [0.4, 0.5) is 10.1 Å². The molecule has 0 amide bonds. The molecule has 1 saturated heterocycles. The number of nitrogens with zero attached hydrogens (tertiary/aromatic N) is 1. The molecule has 1 aromatic carbocycles. The molecule has 21 heavy (non-hydrogen) atoms. The molecule has 0 atom stereocenters. The van der Waals surface area contributed by atoms with Gasteiger partial charge in [-0.25, -0.2) is 9.18 Å². The molecule has 1 aliphatic heterocycles. The number of hydrogen-bond donors (Lipinski definition) is 1. The van der Waals surface area contributed by atoms with E-state index in [-0.39, 0.29) is 5.82 Å². The number of rotatable bonds is 4. The van der Waals surface area contributed by atoms with Crippen molar-refractivity contribution in [2.24, 2.45) is 0 Å². The van der Waals surface area contributed by atoms with E-state index >= 15 is 0 Å². The number of nitrogens with one attached hydrogen (secondary N) is 1. The zero-order valence-corrected chi connectivity index (χ0v) is 12.6. The van der Waals surface area contributed by atoms with Crippen molar-refractivity contribution in [3.8, 4) is 5.75 Å². The van der Waals surface area contributed by atoms with Crippen molar-refractivity contribution >= 4 is 11.7 Å². The molecule has 0 bridgehead atoms. The molecule has 116 valence electrons. The van der Waals surface area contributed by atoms with Crippen molar-refractivity contribution in [2.45, 2.75) is 19.4 Å². The Kier molecular flexibility index (Phi) is 4.67. The summed E-state index contributed by atoms with van der Waals surface area (Å²) < 4.78 is 24.4. The Morgan fingerprint density at radius 2 is 2.00 bits per heavy atom. The molecular formula is C15H21FN2O3. The first-order valence-electron chi connectivity index (χ1n) is 6.96. The molecule has 0 radical (unpaired) electrons. The summed E-state index contributed by atoms with van der Waals surface area (Å²) in [4.78, 5) is 13.6. The molecule has 6 heteroatoms. The van der Waals surface area contributed by atoms with Crippen LogP contribution in [-0.2, 0) is 9.53 Å². The molecule has 1 N–H and O–H groups in total. The fraction of sp³-hybridized carbons (Fsp3) is 0.533. The van der Waals surface area contributed by atoms with E-state index in [1.807, 2.05) is 4.90 Å². The van der Waals surface area contributed by atoms with E-state index in [4.69, 9.17) is 4.74 Å². The van der Waals surface area contributed by atoms with E-state index in [1.54, 1.807) is 26.0 Å². The Balaban J connectivity index is 2.13. The normalized spacial score (nSPS) is 15.7. The van der Waals surface area contributed by atoms with Gasteiger partial charge >= 0.3 is 5.97 Å². The van der Waals surface area contributed by atoms with Crippen molar-refractivity contribution in [2.75, 3.05) is 38.2 Å². The Morgan fingerprint density at radius 3 is 2.57 bits per heavy atom. The second-order valence-electron chi connectivity index (χ2n) is 5.45. The van der Waals surface area contributed by atoms with Crippen LogP contribution in [0.25, 0.3) is 0 Å². The molecule has 0 unspecified atom stereocenters. The van der Waals surface area contributed by atoms with Gasteiger partial charge in [-0.1, -0.05) is 0 Å². The number of carbonyl (C=O) groups is 1. The third kappa shape index (κ3) is 3.64. The summed E-state index contributed by atoms with van der Waals surface area (Å²) in [7, 11) is 1.29. The predicted molar refractivity (Wildman–Crippen MR) is 78.2 cm³/mol. The lowest BCUT2D eigenvalue weighted by Crippen LogP contribution is -2.43. The fourth-order valence-electron chi connectivity index (χ4n) is 2.30. The van der Waals surface area contributed by atoms with E-state index in [2.05, 4.69) is 10.1 Å². The lowest BCUT2D eigenvalue weighted by atomic mass is 10.1. The quantitative estimate of drug-likeness (QED) is 0.855. The first-order valence-corrected chi connectivity index (χ1v) is 6.96. The first kappa shape index (κ1) is 15.6. The highest BCUT2D eigenvalue weighted by Crippen LogP contribution is 2.27. The minimum absolute atomic E-state index is 0.307. The van der Waals surface area contributed by atoms with Crippen LogP contribution in [-0.4, -0.2) is 44.9 Å². The highest BCUT2D eigenvalue weighted by Gasteiger charge is 2.31. The number of carbonyl (C=O) groups excluding carboxylic acids is 1. The molecule has 0 aromatic heterocycles. The number of benzene rings is 1. The predicted octanol–water partition coefficient (Wildman–Crippen LogP) is 1.57. The first-order chi connectivity index (χ1) is 9.94. The van der Waals surface area contributed by atoms with Crippen molar-refractivity contribution in [3.05, 3.63) is 24.0 Å². The van der Waals surface area contributed by atoms with E-state index in [1.165, 1.54) is 13.2 Å². The van der Waals surface area contributed by atoms with Gasteiger partial charge in [-0.2, -0.15) is 0 Å². The summed E-state index contributed by atoms with van der Waals surface area (Å²) in [6.07, 6.45) is 0. The van der Waals surface area contributed by atoms with Crippen LogP contribution >= 0.6 is 0 Å². The molecule has 1 aliphatic rings. The van der Waals surface area contributed by atoms with Gasteiger partial charge in [-0.15, -0.1) is 0 Å². The lowest BCUT2D eigenvalue weighted by molar-refractivity contribution is -0.156. The number of halogens is 1. The van der Waals surface area contributed by atoms with Crippen molar-refractivity contribution < 1.29 is 18.7 Å². The van der Waals surface area contributed by atoms with Crippen molar-refractivity contribution in [1.82, 2.24) is 5.32 Å². The summed E-state index contributed by atoms with van der Waals surface area (Å²) in [6, 6.07) is 4.66. The molecule has 1 fully saturated rings. The van der Waals surface area contributed by atoms with Crippen molar-refractivity contribution in [3.63, 3.8) is 0 Å². The van der Waals surface area contributed by atoms with Gasteiger partial charge < -0.3 is 19.7 Å². The number of piperazine rings is 1. The maximum absolute atomic E-state index is 14.2. The Bertz CT molecular complexity index is 514. The summed E-state index contributed by atoms with van der Waals surface area (Å²) in [5.74, 6) is -0.550. The number of anilines is 1. The molecule has 1 heterocycles. The highest BCUT2D eigenvalue weighted by molar-refractivity contribution is 5.78. The minimum atomic E-state index is -1.16. The number of hydrogen-bond acceptors (Lipinski definition) is 5. The van der Waals surface area contributed by atoms with E-state index in [0.717, 1.165) is 26.2 Å². The largest absolute Gasteiger partial charge is 0.476 e. The molecule has 5 nitrogen and oxygen atoms in total. The molecule has 0 aliphatic carbocycles. The summed E-state index contributed by atoms with van der Waals surface area (Å²) >= 11 is 0. The van der Waals surface area contributed by atoms with Gasteiger partial charge in [0.1, 0.15) is 11.6 Å². The van der Waals surface area contributed by atoms with Gasteiger partial charge in [-0.3, -0.25) is 0 Å². The van der Waals surface area contributed by atoms with Gasteiger partial charge in [0.15, 0.2) is 5.60 Å². The molecule has 2 rings (SSSR count). The zero-order valence-electron chi connectivity index (χ0n) is 12.6. The van der Waals surface area contributed by atoms with Crippen LogP contribution in [0.15, 0.2) is 18.2 Å². The maximum atomic E-state index is 14.2. The monoisotopic (exact) mass is 296 g/mol. The second kappa shape index (κ2) is 6.30. The smallest absolute Gasteiger partial charge is 0.349 e. The zero-order chi connectivity index (χ0) is 15.5. The minimum Gasteiger partial charge on any atom is -0.476 e. The highest BCUT2D eigenvalue weighted by atomic mass is 19.1. The summed E-state index contributed by atoms with van der Waals surface area (Å²) in [5.41, 5.74) is -0.600. The molecule has 1 aromatic rings. The average Bonchev–Trinajstić information content (AvgIpc) is 2.47. The number of methoxy groups -OCH3 is 1. The average molecular weight is 296 g/mol. The van der Waals surface area contributed by atoms with E-state index in [0.29, 0.717) is 11.4 Å². The van der Waals surface area contributed by atoms with Gasteiger partial charge in [0, 0.05) is 32.2 Å². The van der Waals surface area contributed by atoms with Gasteiger partial charge in [-0.05, 0) is 26.0 Å². The van der Waals surface area contributed by atoms with Crippen LogP contribution in [0.2, 0.25) is 0 Å². The lowest BCUT2D eigenvalue weighted by Gasteiger charge is -2.30. The summed E-state index contributed by atoms with van der Waals surface area (Å²) in [6.45, 7) is 6.39. The second-order valence-corrected chi connectivity index (χ2v) is 5.45.